The molecule has 1 nitrogen and oxygen atoms in total. The molecule has 1 aromatic carbocycles. The molecule has 1 aliphatic heterocycles. The molecule has 0 atom stereocenters. The second-order valence-electron chi connectivity index (χ2n) is 3.17. The fraction of sp³-hybridized carbons (Fsp3) is 0.273. The highest BCUT2D eigenvalue weighted by atomic mass is 79.9. The van der Waals surface area contributed by atoms with Crippen LogP contribution in [0.1, 0.15) is 10.4 Å². The second-order valence-corrected chi connectivity index (χ2v) is 8.05. The van der Waals surface area contributed by atoms with Gasteiger partial charge in [-0.25, -0.2) is 0 Å². The van der Waals surface area contributed by atoms with Crippen molar-refractivity contribution in [2.24, 2.45) is 0 Å². The van der Waals surface area contributed by atoms with Crippen LogP contribution in [0.4, 0.5) is 0 Å². The van der Waals surface area contributed by atoms with E-state index in [4.69, 9.17) is 0 Å². The summed E-state index contributed by atoms with van der Waals surface area (Å²) in [5.41, 5.74) is 0.796. The fourth-order valence-corrected chi connectivity index (χ4v) is 5.25. The lowest BCUT2D eigenvalue weighted by Crippen LogP contribution is -3.00. The average Bonchev–Trinajstić information content (AvgIpc) is 2.80. The molecule has 17 heavy (non-hydrogen) atoms. The van der Waals surface area contributed by atoms with Crippen LogP contribution in [0.25, 0.3) is 0 Å². The summed E-state index contributed by atoms with van der Waals surface area (Å²) in [6.45, 7) is 0. The zero-order valence-corrected chi connectivity index (χ0v) is 14.4. The Kier molecular flexibility index (Phi) is 7.33. The van der Waals surface area contributed by atoms with Gasteiger partial charge in [0.1, 0.15) is 0 Å². The second kappa shape index (κ2) is 7.94. The summed E-state index contributed by atoms with van der Waals surface area (Å²) in [6.07, 6.45) is 0. The van der Waals surface area contributed by atoms with Crippen molar-refractivity contribution < 1.29 is 21.8 Å². The Balaban J connectivity index is 0.00000144. The molecule has 1 heterocycles. The van der Waals surface area contributed by atoms with Gasteiger partial charge < -0.3 is 17.0 Å². The summed E-state index contributed by atoms with van der Waals surface area (Å²) in [7, 11) is 0. The SMILES string of the molecule is O=C(CSC1=[S+]CCS1)c1ccc(Br)cc1.[Br-]. The molecule has 0 aromatic heterocycles. The van der Waals surface area contributed by atoms with Crippen molar-refractivity contribution in [3.8, 4) is 0 Å². The van der Waals surface area contributed by atoms with E-state index in [1.54, 1.807) is 11.8 Å². The van der Waals surface area contributed by atoms with Gasteiger partial charge in [-0.3, -0.25) is 4.79 Å². The van der Waals surface area contributed by atoms with Crippen LogP contribution in [-0.4, -0.2) is 26.6 Å². The van der Waals surface area contributed by atoms with E-state index in [-0.39, 0.29) is 22.8 Å². The average molecular weight is 414 g/mol. The third-order valence-electron chi connectivity index (χ3n) is 2.01. The first-order chi connectivity index (χ1) is 7.75. The third kappa shape index (κ3) is 5.03. The van der Waals surface area contributed by atoms with Crippen molar-refractivity contribution in [1.29, 1.82) is 0 Å². The van der Waals surface area contributed by atoms with Crippen LogP contribution in [0.3, 0.4) is 0 Å². The number of halogens is 2. The zero-order valence-electron chi connectivity index (χ0n) is 8.82. The van der Waals surface area contributed by atoms with Crippen molar-refractivity contribution in [2.45, 2.75) is 0 Å². The van der Waals surface area contributed by atoms with Gasteiger partial charge in [-0.1, -0.05) is 39.8 Å². The van der Waals surface area contributed by atoms with Crippen LogP contribution in [0.2, 0.25) is 0 Å². The van der Waals surface area contributed by atoms with Crippen LogP contribution in [-0.2, 0) is 11.4 Å². The van der Waals surface area contributed by atoms with Gasteiger partial charge in [0.25, 0.3) is 3.53 Å². The van der Waals surface area contributed by atoms with Gasteiger partial charge in [-0.15, -0.1) is 0 Å². The highest BCUT2D eigenvalue weighted by molar-refractivity contribution is 9.10. The van der Waals surface area contributed by atoms with E-state index in [0.717, 1.165) is 10.0 Å². The van der Waals surface area contributed by atoms with Gasteiger partial charge in [0.05, 0.1) is 11.5 Å². The molecule has 6 heteroatoms. The van der Waals surface area contributed by atoms with Crippen LogP contribution in [0.5, 0.6) is 0 Å². The summed E-state index contributed by atoms with van der Waals surface area (Å²) >= 11 is 8.76. The number of thioether (sulfide) groups is 2. The van der Waals surface area contributed by atoms with Crippen molar-refractivity contribution in [3.63, 3.8) is 0 Å². The van der Waals surface area contributed by atoms with E-state index < -0.39 is 0 Å². The summed E-state index contributed by atoms with van der Waals surface area (Å²) in [4.78, 5) is 11.8. The minimum atomic E-state index is 0. The Hall–Kier alpha value is 0.640. The molecular weight excluding hydrogens is 404 g/mol. The Labute approximate surface area is 132 Å². The van der Waals surface area contributed by atoms with E-state index in [2.05, 4.69) is 15.9 Å². The molecule has 0 saturated heterocycles. The summed E-state index contributed by atoms with van der Waals surface area (Å²) in [5.74, 6) is 3.12. The van der Waals surface area contributed by atoms with E-state index in [9.17, 15) is 4.79 Å². The number of Topliss-reactive ketones (excluding diaryl/α,β-unsaturated/α-hetero) is 1. The number of carbonyl (C=O) groups is 1. The van der Waals surface area contributed by atoms with E-state index in [1.807, 2.05) is 47.4 Å². The smallest absolute Gasteiger partial charge is 0.292 e. The maximum absolute atomic E-state index is 11.8. The van der Waals surface area contributed by atoms with E-state index in [1.165, 1.54) is 15.0 Å². The molecule has 1 aliphatic rings. The first kappa shape index (κ1) is 15.7. The Morgan fingerprint density at radius 2 is 2.12 bits per heavy atom. The summed E-state index contributed by atoms with van der Waals surface area (Å²) in [5, 5.41) is 0. The molecular formula is C11H10Br2OS3. The Bertz CT molecular complexity index is 417. The minimum Gasteiger partial charge on any atom is -1.00 e. The molecule has 2 rings (SSSR count). The number of hydrogen-bond donors (Lipinski definition) is 0. The molecule has 0 unspecified atom stereocenters. The molecule has 0 radical (unpaired) electrons. The monoisotopic (exact) mass is 412 g/mol. The highest BCUT2D eigenvalue weighted by Crippen LogP contribution is 2.21. The molecule has 0 saturated carbocycles. The summed E-state index contributed by atoms with van der Waals surface area (Å²) < 4.78 is 2.35. The minimum absolute atomic E-state index is 0. The lowest BCUT2D eigenvalue weighted by Gasteiger charge is -1.98. The van der Waals surface area contributed by atoms with Crippen LogP contribution >= 0.6 is 39.5 Å². The first-order valence-electron chi connectivity index (χ1n) is 4.80. The van der Waals surface area contributed by atoms with Gasteiger partial charge in [0.2, 0.25) is 0 Å². The molecule has 0 fully saturated rings. The number of carbonyl (C=O) groups excluding carboxylic acids is 1. The molecule has 0 aliphatic carbocycles. The van der Waals surface area contributed by atoms with Gasteiger partial charge in [-0.2, -0.15) is 0 Å². The van der Waals surface area contributed by atoms with E-state index >= 15 is 0 Å². The van der Waals surface area contributed by atoms with Gasteiger partial charge in [0.15, 0.2) is 22.9 Å². The topological polar surface area (TPSA) is 17.1 Å². The van der Waals surface area contributed by atoms with Crippen LogP contribution < -0.4 is 17.0 Å². The lowest BCUT2D eigenvalue weighted by molar-refractivity contribution is -0.0000106. The predicted octanol–water partition coefficient (Wildman–Crippen LogP) is 0.286. The largest absolute Gasteiger partial charge is 1.00 e. The molecule has 1 aromatic rings. The molecule has 0 spiro atoms. The maximum Gasteiger partial charge on any atom is 0.292 e. The van der Waals surface area contributed by atoms with Crippen molar-refractivity contribution in [1.82, 2.24) is 0 Å². The number of hydrogen-bond acceptors (Lipinski definition) is 3. The van der Waals surface area contributed by atoms with Crippen LogP contribution in [0, 0.1) is 0 Å². The van der Waals surface area contributed by atoms with Gasteiger partial charge >= 0.3 is 0 Å². The maximum atomic E-state index is 11.8. The zero-order chi connectivity index (χ0) is 11.4. The highest BCUT2D eigenvalue weighted by Gasteiger charge is 2.21. The lowest BCUT2D eigenvalue weighted by atomic mass is 10.2. The normalized spacial score (nSPS) is 14.1. The van der Waals surface area contributed by atoms with Gasteiger partial charge in [0, 0.05) is 10.0 Å². The third-order valence-corrected chi connectivity index (χ3v) is 6.85. The van der Waals surface area contributed by atoms with Crippen molar-refractivity contribution in [2.75, 3.05) is 17.3 Å². The van der Waals surface area contributed by atoms with Gasteiger partial charge in [-0.05, 0) is 23.9 Å². The number of rotatable bonds is 3. The van der Waals surface area contributed by atoms with Crippen LogP contribution in [0.15, 0.2) is 28.7 Å². The Morgan fingerprint density at radius 3 is 2.71 bits per heavy atom. The van der Waals surface area contributed by atoms with E-state index in [0.29, 0.717) is 5.75 Å². The fourth-order valence-electron chi connectivity index (χ4n) is 1.22. The van der Waals surface area contributed by atoms with Crippen molar-refractivity contribution >= 4 is 60.1 Å². The summed E-state index contributed by atoms with van der Waals surface area (Å²) in [6, 6.07) is 7.55. The molecule has 0 bridgehead atoms. The quantitative estimate of drug-likeness (QED) is 0.402. The predicted molar refractivity (Wildman–Crippen MR) is 80.6 cm³/mol. The molecule has 0 amide bonds. The number of ketones is 1. The standard InChI is InChI=1S/C11H10BrOS3.BrH/c12-9-3-1-8(2-4-9)10(13)7-16-11-14-5-6-15-11;/h1-4H,5-7H2;1H/q+1;/p-1. The number of benzene rings is 1. The molecule has 92 valence electrons. The Morgan fingerprint density at radius 1 is 1.41 bits per heavy atom. The molecule has 0 N–H and O–H groups in total. The van der Waals surface area contributed by atoms with Crippen molar-refractivity contribution in [3.05, 3.63) is 34.3 Å². The first-order valence-corrected chi connectivity index (χ1v) is 8.55.